The summed E-state index contributed by atoms with van der Waals surface area (Å²) in [6, 6.07) is 3.06. The van der Waals surface area contributed by atoms with Crippen LogP contribution in [0.25, 0.3) is 0 Å². The first-order valence-electron chi connectivity index (χ1n) is 6.36. The topological polar surface area (TPSA) is 42.0 Å². The van der Waals surface area contributed by atoms with E-state index in [-0.39, 0.29) is 24.8 Å². The molecule has 1 aliphatic carbocycles. The van der Waals surface area contributed by atoms with Gasteiger partial charge in [0, 0.05) is 12.2 Å². The SMILES string of the molecule is O=C(NC1CCC(C(F)(F)F)CC1)c1cccnc1Br. The second-order valence-electron chi connectivity index (χ2n) is 4.91. The summed E-state index contributed by atoms with van der Waals surface area (Å²) in [7, 11) is 0. The molecule has 0 saturated heterocycles. The van der Waals surface area contributed by atoms with E-state index in [9.17, 15) is 18.0 Å². The number of amides is 1. The quantitative estimate of drug-likeness (QED) is 0.826. The number of nitrogens with one attached hydrogen (secondary N) is 1. The van der Waals surface area contributed by atoms with Gasteiger partial charge in [-0.15, -0.1) is 0 Å². The van der Waals surface area contributed by atoms with Crippen molar-refractivity contribution in [1.82, 2.24) is 10.3 Å². The van der Waals surface area contributed by atoms with Gasteiger partial charge < -0.3 is 5.32 Å². The summed E-state index contributed by atoms with van der Waals surface area (Å²) in [4.78, 5) is 16.0. The van der Waals surface area contributed by atoms with E-state index in [1.54, 1.807) is 18.3 Å². The lowest BCUT2D eigenvalue weighted by molar-refractivity contribution is -0.182. The molecule has 1 amide bonds. The van der Waals surface area contributed by atoms with Crippen molar-refractivity contribution < 1.29 is 18.0 Å². The van der Waals surface area contributed by atoms with Crippen molar-refractivity contribution in [2.75, 3.05) is 0 Å². The van der Waals surface area contributed by atoms with Gasteiger partial charge in [0.15, 0.2) is 0 Å². The fourth-order valence-electron chi connectivity index (χ4n) is 2.38. The van der Waals surface area contributed by atoms with Gasteiger partial charge in [0.2, 0.25) is 0 Å². The molecule has 1 heterocycles. The van der Waals surface area contributed by atoms with Gasteiger partial charge >= 0.3 is 6.18 Å². The molecule has 0 aliphatic heterocycles. The second kappa shape index (κ2) is 6.11. The molecule has 1 aliphatic rings. The highest BCUT2D eigenvalue weighted by molar-refractivity contribution is 9.10. The van der Waals surface area contributed by atoms with E-state index in [0.29, 0.717) is 23.0 Å². The molecule has 7 heteroatoms. The molecule has 110 valence electrons. The molecule has 0 unspecified atom stereocenters. The van der Waals surface area contributed by atoms with Gasteiger partial charge in [-0.2, -0.15) is 13.2 Å². The number of halogens is 4. The van der Waals surface area contributed by atoms with Crippen LogP contribution in [0, 0.1) is 5.92 Å². The van der Waals surface area contributed by atoms with Crippen molar-refractivity contribution in [3.63, 3.8) is 0 Å². The molecule has 2 rings (SSSR count). The summed E-state index contributed by atoms with van der Waals surface area (Å²) in [6.07, 6.45) is -1.72. The number of nitrogens with zero attached hydrogens (tertiary/aromatic N) is 1. The number of rotatable bonds is 2. The summed E-state index contributed by atoms with van der Waals surface area (Å²) >= 11 is 3.18. The maximum Gasteiger partial charge on any atom is 0.391 e. The van der Waals surface area contributed by atoms with Crippen molar-refractivity contribution in [3.8, 4) is 0 Å². The number of alkyl halides is 3. The zero-order chi connectivity index (χ0) is 14.8. The molecule has 1 aromatic heterocycles. The zero-order valence-corrected chi connectivity index (χ0v) is 12.2. The minimum absolute atomic E-state index is 0.0721. The van der Waals surface area contributed by atoms with E-state index in [1.807, 2.05) is 0 Å². The molecule has 0 atom stereocenters. The molecule has 0 spiro atoms. The third-order valence-electron chi connectivity index (χ3n) is 3.53. The number of carbonyl (C=O) groups excluding carboxylic acids is 1. The lowest BCUT2D eigenvalue weighted by atomic mass is 9.85. The van der Waals surface area contributed by atoms with Gasteiger partial charge in [-0.3, -0.25) is 4.79 Å². The van der Waals surface area contributed by atoms with Gasteiger partial charge in [-0.25, -0.2) is 4.98 Å². The Balaban J connectivity index is 1.90. The van der Waals surface area contributed by atoms with Crippen molar-refractivity contribution in [2.24, 2.45) is 5.92 Å². The van der Waals surface area contributed by atoms with E-state index in [1.165, 1.54) is 0 Å². The minimum atomic E-state index is -4.12. The van der Waals surface area contributed by atoms with Gasteiger partial charge in [0.05, 0.1) is 11.5 Å². The third kappa shape index (κ3) is 3.71. The Morgan fingerprint density at radius 2 is 1.95 bits per heavy atom. The molecule has 3 nitrogen and oxygen atoms in total. The largest absolute Gasteiger partial charge is 0.391 e. The molecule has 0 aromatic carbocycles. The first-order valence-corrected chi connectivity index (χ1v) is 7.15. The van der Waals surface area contributed by atoms with Crippen LogP contribution in [-0.4, -0.2) is 23.1 Å². The van der Waals surface area contributed by atoms with Crippen molar-refractivity contribution in [1.29, 1.82) is 0 Å². The molecule has 0 bridgehead atoms. The Bertz CT molecular complexity index is 485. The molecule has 1 fully saturated rings. The van der Waals surface area contributed by atoms with Crippen LogP contribution in [0.3, 0.4) is 0 Å². The van der Waals surface area contributed by atoms with Gasteiger partial charge in [0.25, 0.3) is 5.91 Å². The Morgan fingerprint density at radius 3 is 2.50 bits per heavy atom. The van der Waals surface area contributed by atoms with E-state index in [0.717, 1.165) is 0 Å². The first kappa shape index (κ1) is 15.3. The molecular formula is C13H14BrF3N2O. The Labute approximate surface area is 123 Å². The van der Waals surface area contributed by atoms with Crippen LogP contribution in [0.4, 0.5) is 13.2 Å². The third-order valence-corrected chi connectivity index (χ3v) is 4.16. The predicted molar refractivity (Wildman–Crippen MR) is 71.2 cm³/mol. The lowest BCUT2D eigenvalue weighted by Crippen LogP contribution is -2.40. The van der Waals surface area contributed by atoms with Gasteiger partial charge in [-0.1, -0.05) is 0 Å². The van der Waals surface area contributed by atoms with E-state index in [2.05, 4.69) is 26.2 Å². The van der Waals surface area contributed by atoms with E-state index < -0.39 is 12.1 Å². The van der Waals surface area contributed by atoms with Crippen LogP contribution in [0.1, 0.15) is 36.0 Å². The smallest absolute Gasteiger partial charge is 0.349 e. The summed E-state index contributed by atoms with van der Waals surface area (Å²) in [6.45, 7) is 0. The first-order chi connectivity index (χ1) is 9.38. The lowest BCUT2D eigenvalue weighted by Gasteiger charge is -2.30. The highest BCUT2D eigenvalue weighted by atomic mass is 79.9. The molecule has 1 saturated carbocycles. The van der Waals surface area contributed by atoms with E-state index in [4.69, 9.17) is 0 Å². The Kier molecular flexibility index (Phi) is 4.67. The van der Waals surface area contributed by atoms with Crippen LogP contribution in [0.5, 0.6) is 0 Å². The van der Waals surface area contributed by atoms with Crippen LogP contribution >= 0.6 is 15.9 Å². The fraction of sp³-hybridized carbons (Fsp3) is 0.538. The monoisotopic (exact) mass is 350 g/mol. The number of carbonyl (C=O) groups is 1. The summed E-state index contributed by atoms with van der Waals surface area (Å²) in [5.74, 6) is -1.54. The Hall–Kier alpha value is -1.11. The fourth-order valence-corrected chi connectivity index (χ4v) is 2.81. The number of hydrogen-bond donors (Lipinski definition) is 1. The van der Waals surface area contributed by atoms with E-state index >= 15 is 0 Å². The van der Waals surface area contributed by atoms with Crippen LogP contribution in [0.2, 0.25) is 0 Å². The molecule has 0 radical (unpaired) electrons. The number of aromatic nitrogens is 1. The number of hydrogen-bond acceptors (Lipinski definition) is 2. The minimum Gasteiger partial charge on any atom is -0.349 e. The van der Waals surface area contributed by atoms with Crippen molar-refractivity contribution >= 4 is 21.8 Å². The Morgan fingerprint density at radius 1 is 1.30 bits per heavy atom. The van der Waals surface area contributed by atoms with Gasteiger partial charge in [0.1, 0.15) is 4.60 Å². The average molecular weight is 351 g/mol. The average Bonchev–Trinajstić information content (AvgIpc) is 2.38. The maximum atomic E-state index is 12.5. The standard InChI is InChI=1S/C13H14BrF3N2O/c14-11-10(2-1-7-18-11)12(20)19-9-5-3-8(4-6-9)13(15,16)17/h1-2,7-9H,3-6H2,(H,19,20). The summed E-state index contributed by atoms with van der Waals surface area (Å²) < 4.78 is 38.1. The maximum absolute atomic E-state index is 12.5. The van der Waals surface area contributed by atoms with Crippen LogP contribution in [0.15, 0.2) is 22.9 Å². The van der Waals surface area contributed by atoms with Crippen LogP contribution < -0.4 is 5.32 Å². The predicted octanol–water partition coefficient (Wildman–Crippen LogP) is 3.70. The van der Waals surface area contributed by atoms with Crippen LogP contribution in [-0.2, 0) is 0 Å². The normalized spacial score (nSPS) is 23.4. The zero-order valence-electron chi connectivity index (χ0n) is 10.6. The summed E-state index contributed by atoms with van der Waals surface area (Å²) in [5, 5.41) is 2.77. The highest BCUT2D eigenvalue weighted by Crippen LogP contribution is 2.37. The molecule has 1 N–H and O–H groups in total. The molecule has 1 aromatic rings. The molecule has 20 heavy (non-hydrogen) atoms. The highest BCUT2D eigenvalue weighted by Gasteiger charge is 2.41. The summed E-state index contributed by atoms with van der Waals surface area (Å²) in [5.41, 5.74) is 0.394. The van der Waals surface area contributed by atoms with Crippen molar-refractivity contribution in [3.05, 3.63) is 28.5 Å². The number of pyridine rings is 1. The second-order valence-corrected chi connectivity index (χ2v) is 5.66. The molecular weight excluding hydrogens is 337 g/mol. The van der Waals surface area contributed by atoms with Gasteiger partial charge in [-0.05, 0) is 53.7 Å². The van der Waals surface area contributed by atoms with Crippen molar-refractivity contribution in [2.45, 2.75) is 37.9 Å².